The van der Waals surface area contributed by atoms with Gasteiger partial charge in [-0.05, 0) is 22.4 Å². The lowest BCUT2D eigenvalue weighted by Gasteiger charge is -2.04. The topological polar surface area (TPSA) is 55.6 Å². The molecule has 90 valence electrons. The third kappa shape index (κ3) is 2.31. The van der Waals surface area contributed by atoms with E-state index in [1.807, 2.05) is 20.3 Å². The van der Waals surface area contributed by atoms with E-state index in [0.29, 0.717) is 5.82 Å². The van der Waals surface area contributed by atoms with E-state index in [1.54, 1.807) is 10.9 Å². The summed E-state index contributed by atoms with van der Waals surface area (Å²) in [5.74, 6) is 1.48. The van der Waals surface area contributed by atoms with Crippen LogP contribution in [-0.2, 0) is 13.5 Å². The highest BCUT2D eigenvalue weighted by atomic mass is 79.9. The Morgan fingerprint density at radius 1 is 1.47 bits per heavy atom. The van der Waals surface area contributed by atoms with Crippen LogP contribution < -0.4 is 5.32 Å². The Balaban J connectivity index is 2.52. The lowest BCUT2D eigenvalue weighted by Crippen LogP contribution is -1.98. The SMILES string of the molecule is CCc1nn(C)cc1-c1ncc(Br)c(NC)n1. The number of anilines is 1. The maximum absolute atomic E-state index is 4.46. The van der Waals surface area contributed by atoms with Crippen LogP contribution in [0, 0.1) is 0 Å². The van der Waals surface area contributed by atoms with E-state index < -0.39 is 0 Å². The largest absolute Gasteiger partial charge is 0.372 e. The molecule has 1 N–H and O–H groups in total. The Labute approximate surface area is 108 Å². The van der Waals surface area contributed by atoms with Gasteiger partial charge in [-0.1, -0.05) is 6.92 Å². The molecule has 0 radical (unpaired) electrons. The van der Waals surface area contributed by atoms with Crippen molar-refractivity contribution < 1.29 is 0 Å². The number of aromatic nitrogens is 4. The Hall–Kier alpha value is -1.43. The van der Waals surface area contributed by atoms with Crippen molar-refractivity contribution in [1.29, 1.82) is 0 Å². The minimum atomic E-state index is 0.697. The third-order valence-corrected chi connectivity index (χ3v) is 3.04. The van der Waals surface area contributed by atoms with Crippen LogP contribution in [0.4, 0.5) is 5.82 Å². The van der Waals surface area contributed by atoms with Crippen molar-refractivity contribution in [2.45, 2.75) is 13.3 Å². The zero-order chi connectivity index (χ0) is 12.4. The van der Waals surface area contributed by atoms with Crippen molar-refractivity contribution in [2.75, 3.05) is 12.4 Å². The zero-order valence-corrected chi connectivity index (χ0v) is 11.6. The molecule has 0 fully saturated rings. The second-order valence-corrected chi connectivity index (χ2v) is 4.51. The van der Waals surface area contributed by atoms with Crippen LogP contribution in [0.25, 0.3) is 11.4 Å². The van der Waals surface area contributed by atoms with Crippen molar-refractivity contribution in [1.82, 2.24) is 19.7 Å². The highest BCUT2D eigenvalue weighted by Crippen LogP contribution is 2.24. The molecule has 17 heavy (non-hydrogen) atoms. The maximum atomic E-state index is 4.46. The molecule has 6 heteroatoms. The summed E-state index contributed by atoms with van der Waals surface area (Å²) >= 11 is 3.40. The second kappa shape index (κ2) is 4.83. The third-order valence-electron chi connectivity index (χ3n) is 2.46. The fourth-order valence-corrected chi connectivity index (χ4v) is 2.04. The monoisotopic (exact) mass is 295 g/mol. The van der Waals surface area contributed by atoms with Gasteiger partial charge in [-0.15, -0.1) is 0 Å². The summed E-state index contributed by atoms with van der Waals surface area (Å²) in [6.45, 7) is 2.07. The highest BCUT2D eigenvalue weighted by molar-refractivity contribution is 9.10. The van der Waals surface area contributed by atoms with Crippen molar-refractivity contribution >= 4 is 21.7 Å². The van der Waals surface area contributed by atoms with E-state index >= 15 is 0 Å². The van der Waals surface area contributed by atoms with Crippen LogP contribution in [0.5, 0.6) is 0 Å². The quantitative estimate of drug-likeness (QED) is 0.944. The molecule has 0 aromatic carbocycles. The molecular weight excluding hydrogens is 282 g/mol. The first-order valence-corrected chi connectivity index (χ1v) is 6.18. The van der Waals surface area contributed by atoms with Gasteiger partial charge in [0.25, 0.3) is 0 Å². The molecule has 2 aromatic heterocycles. The average molecular weight is 296 g/mol. The molecule has 0 atom stereocenters. The predicted octanol–water partition coefficient (Wildman–Crippen LogP) is 2.24. The Kier molecular flexibility index (Phi) is 3.42. The molecule has 2 rings (SSSR count). The fraction of sp³-hybridized carbons (Fsp3) is 0.364. The summed E-state index contributed by atoms with van der Waals surface area (Å²) in [5, 5.41) is 7.41. The summed E-state index contributed by atoms with van der Waals surface area (Å²) < 4.78 is 2.64. The number of rotatable bonds is 3. The normalized spacial score (nSPS) is 10.6. The molecule has 0 aliphatic carbocycles. The average Bonchev–Trinajstić information content (AvgIpc) is 2.71. The first-order valence-electron chi connectivity index (χ1n) is 5.39. The Bertz CT molecular complexity index is 535. The number of aryl methyl sites for hydroxylation is 2. The molecule has 0 amide bonds. The highest BCUT2D eigenvalue weighted by Gasteiger charge is 2.12. The van der Waals surface area contributed by atoms with Crippen LogP contribution in [0.15, 0.2) is 16.9 Å². The number of nitrogens with one attached hydrogen (secondary N) is 1. The molecule has 0 saturated heterocycles. The van der Waals surface area contributed by atoms with Gasteiger partial charge in [0.05, 0.1) is 15.7 Å². The van der Waals surface area contributed by atoms with Gasteiger partial charge in [-0.3, -0.25) is 4.68 Å². The first kappa shape index (κ1) is 12.0. The summed E-state index contributed by atoms with van der Waals surface area (Å²) in [4.78, 5) is 8.79. The predicted molar refractivity (Wildman–Crippen MR) is 70.9 cm³/mol. The van der Waals surface area contributed by atoms with Crippen molar-refractivity contribution in [3.63, 3.8) is 0 Å². The van der Waals surface area contributed by atoms with E-state index in [4.69, 9.17) is 0 Å². The zero-order valence-electron chi connectivity index (χ0n) is 10.0. The summed E-state index contributed by atoms with van der Waals surface area (Å²) in [6.07, 6.45) is 4.56. The lowest BCUT2D eigenvalue weighted by atomic mass is 10.2. The molecule has 0 unspecified atom stereocenters. The number of hydrogen-bond acceptors (Lipinski definition) is 4. The number of hydrogen-bond donors (Lipinski definition) is 1. The van der Waals surface area contributed by atoms with Crippen molar-refractivity contribution in [3.05, 3.63) is 22.6 Å². The van der Waals surface area contributed by atoms with Gasteiger partial charge >= 0.3 is 0 Å². The molecule has 2 aromatic rings. The van der Waals surface area contributed by atoms with Gasteiger partial charge in [0.15, 0.2) is 5.82 Å². The first-order chi connectivity index (χ1) is 8.15. The number of halogens is 1. The van der Waals surface area contributed by atoms with E-state index in [1.165, 1.54) is 0 Å². The van der Waals surface area contributed by atoms with Crippen LogP contribution in [0.1, 0.15) is 12.6 Å². The van der Waals surface area contributed by atoms with Gasteiger partial charge in [-0.2, -0.15) is 5.10 Å². The summed E-state index contributed by atoms with van der Waals surface area (Å²) in [7, 11) is 3.74. The van der Waals surface area contributed by atoms with Crippen LogP contribution in [0.2, 0.25) is 0 Å². The standard InChI is InChI=1S/C11H14BrN5/c1-4-9-7(6-17(3)16-9)10-14-5-8(12)11(13-2)15-10/h5-6H,4H2,1-3H3,(H,13,14,15). The Morgan fingerprint density at radius 3 is 2.88 bits per heavy atom. The molecule has 0 aliphatic rings. The summed E-state index contributed by atoms with van der Waals surface area (Å²) in [5.41, 5.74) is 2.00. The molecule has 2 heterocycles. The van der Waals surface area contributed by atoms with E-state index in [2.05, 4.69) is 43.2 Å². The molecule has 0 aliphatic heterocycles. The van der Waals surface area contributed by atoms with Crippen LogP contribution in [0.3, 0.4) is 0 Å². The maximum Gasteiger partial charge on any atom is 0.165 e. The summed E-state index contributed by atoms with van der Waals surface area (Å²) in [6, 6.07) is 0. The van der Waals surface area contributed by atoms with Crippen LogP contribution >= 0.6 is 15.9 Å². The van der Waals surface area contributed by atoms with Gasteiger partial charge in [0.2, 0.25) is 0 Å². The minimum Gasteiger partial charge on any atom is -0.372 e. The van der Waals surface area contributed by atoms with E-state index in [9.17, 15) is 0 Å². The fourth-order valence-electron chi connectivity index (χ4n) is 1.65. The van der Waals surface area contributed by atoms with Gasteiger partial charge in [-0.25, -0.2) is 9.97 Å². The smallest absolute Gasteiger partial charge is 0.165 e. The second-order valence-electron chi connectivity index (χ2n) is 3.66. The van der Waals surface area contributed by atoms with Gasteiger partial charge in [0.1, 0.15) is 5.82 Å². The molecule has 0 saturated carbocycles. The molecule has 0 spiro atoms. The van der Waals surface area contributed by atoms with E-state index in [-0.39, 0.29) is 0 Å². The van der Waals surface area contributed by atoms with E-state index in [0.717, 1.165) is 28.0 Å². The number of nitrogens with zero attached hydrogens (tertiary/aromatic N) is 4. The minimum absolute atomic E-state index is 0.697. The van der Waals surface area contributed by atoms with Crippen LogP contribution in [-0.4, -0.2) is 26.8 Å². The Morgan fingerprint density at radius 2 is 2.24 bits per heavy atom. The molecular formula is C11H14BrN5. The molecule has 5 nitrogen and oxygen atoms in total. The van der Waals surface area contributed by atoms with Gasteiger partial charge in [0, 0.05) is 26.5 Å². The van der Waals surface area contributed by atoms with Crippen molar-refractivity contribution in [2.24, 2.45) is 7.05 Å². The lowest BCUT2D eigenvalue weighted by molar-refractivity contribution is 0.746. The van der Waals surface area contributed by atoms with Crippen molar-refractivity contribution in [3.8, 4) is 11.4 Å². The van der Waals surface area contributed by atoms with Gasteiger partial charge < -0.3 is 5.32 Å². The molecule has 0 bridgehead atoms.